The molecule has 0 saturated carbocycles. The molecule has 1 atom stereocenters. The molecule has 0 spiro atoms. The van der Waals surface area contributed by atoms with Gasteiger partial charge in [-0.3, -0.25) is 0 Å². The first-order valence-electron chi connectivity index (χ1n) is 6.82. The van der Waals surface area contributed by atoms with Crippen molar-refractivity contribution in [1.29, 1.82) is 0 Å². The zero-order chi connectivity index (χ0) is 13.2. The summed E-state index contributed by atoms with van der Waals surface area (Å²) in [5, 5.41) is 3.58. The lowest BCUT2D eigenvalue weighted by Crippen LogP contribution is -2.07. The summed E-state index contributed by atoms with van der Waals surface area (Å²) < 4.78 is 5.55. The molecule has 0 aromatic heterocycles. The van der Waals surface area contributed by atoms with Gasteiger partial charge in [0.15, 0.2) is 0 Å². The summed E-state index contributed by atoms with van der Waals surface area (Å²) in [5.74, 6) is 1.05. The van der Waals surface area contributed by atoms with E-state index < -0.39 is 0 Å². The predicted molar refractivity (Wildman–Crippen MR) is 78.9 cm³/mol. The lowest BCUT2D eigenvalue weighted by molar-refractivity contribution is 0.357. The Hall–Kier alpha value is -1.96. The SMILES string of the molecule is Cc1ccccc1NC(C)c1ccc2c(c1)CCO2. The largest absolute Gasteiger partial charge is 0.493 e. The van der Waals surface area contributed by atoms with Crippen molar-refractivity contribution in [1.82, 2.24) is 0 Å². The second-order valence-electron chi connectivity index (χ2n) is 5.15. The van der Waals surface area contributed by atoms with Crippen LogP contribution in [-0.2, 0) is 6.42 Å². The zero-order valence-corrected chi connectivity index (χ0v) is 11.4. The first-order valence-corrected chi connectivity index (χ1v) is 6.82. The van der Waals surface area contributed by atoms with Crippen molar-refractivity contribution in [2.45, 2.75) is 26.3 Å². The molecule has 1 aliphatic heterocycles. The minimum atomic E-state index is 0.298. The Balaban J connectivity index is 1.81. The summed E-state index contributed by atoms with van der Waals surface area (Å²) in [6, 6.07) is 15.2. The van der Waals surface area contributed by atoms with Crippen molar-refractivity contribution in [3.05, 3.63) is 59.2 Å². The highest BCUT2D eigenvalue weighted by atomic mass is 16.5. The van der Waals surface area contributed by atoms with Crippen LogP contribution >= 0.6 is 0 Å². The van der Waals surface area contributed by atoms with Gasteiger partial charge in [-0.2, -0.15) is 0 Å². The van der Waals surface area contributed by atoms with Gasteiger partial charge in [-0.05, 0) is 48.7 Å². The van der Waals surface area contributed by atoms with Crippen molar-refractivity contribution in [3.8, 4) is 5.75 Å². The van der Waals surface area contributed by atoms with Gasteiger partial charge in [-0.25, -0.2) is 0 Å². The lowest BCUT2D eigenvalue weighted by atomic mass is 10.0. The van der Waals surface area contributed by atoms with Crippen LogP contribution in [0.25, 0.3) is 0 Å². The molecule has 0 aliphatic carbocycles. The van der Waals surface area contributed by atoms with Gasteiger partial charge in [0, 0.05) is 18.2 Å². The summed E-state index contributed by atoms with van der Waals surface area (Å²) in [6.07, 6.45) is 1.03. The van der Waals surface area contributed by atoms with E-state index >= 15 is 0 Å². The number of para-hydroxylation sites is 1. The molecule has 3 rings (SSSR count). The van der Waals surface area contributed by atoms with E-state index in [9.17, 15) is 0 Å². The molecule has 1 heterocycles. The topological polar surface area (TPSA) is 21.3 Å². The molecule has 2 aromatic rings. The fourth-order valence-corrected chi connectivity index (χ4v) is 2.53. The van der Waals surface area contributed by atoms with Crippen molar-refractivity contribution in [3.63, 3.8) is 0 Å². The van der Waals surface area contributed by atoms with E-state index in [4.69, 9.17) is 4.74 Å². The van der Waals surface area contributed by atoms with Crippen molar-refractivity contribution < 1.29 is 4.74 Å². The van der Waals surface area contributed by atoms with Crippen molar-refractivity contribution >= 4 is 5.69 Å². The molecule has 0 saturated heterocycles. The monoisotopic (exact) mass is 253 g/mol. The number of benzene rings is 2. The average Bonchev–Trinajstić information content (AvgIpc) is 2.88. The Morgan fingerprint density at radius 1 is 1.16 bits per heavy atom. The normalized spacial score (nSPS) is 14.6. The van der Waals surface area contributed by atoms with Crippen LogP contribution in [-0.4, -0.2) is 6.61 Å². The summed E-state index contributed by atoms with van der Waals surface area (Å²) in [4.78, 5) is 0. The maximum Gasteiger partial charge on any atom is 0.122 e. The number of aryl methyl sites for hydroxylation is 1. The number of anilines is 1. The van der Waals surface area contributed by atoms with E-state index in [0.717, 1.165) is 18.8 Å². The predicted octanol–water partition coefficient (Wildman–Crippen LogP) is 4.10. The van der Waals surface area contributed by atoms with Gasteiger partial charge in [-0.1, -0.05) is 24.3 Å². The first-order chi connectivity index (χ1) is 9.24. The van der Waals surface area contributed by atoms with E-state index in [1.165, 1.54) is 22.4 Å². The van der Waals surface area contributed by atoms with Crippen LogP contribution in [0.2, 0.25) is 0 Å². The first kappa shape index (κ1) is 12.1. The summed E-state index contributed by atoms with van der Waals surface area (Å²) in [7, 11) is 0. The lowest BCUT2D eigenvalue weighted by Gasteiger charge is -2.18. The molecule has 98 valence electrons. The molecule has 2 nitrogen and oxygen atoms in total. The highest BCUT2D eigenvalue weighted by Gasteiger charge is 2.14. The maximum absolute atomic E-state index is 5.55. The Labute approximate surface area is 114 Å². The molecule has 0 amide bonds. The van der Waals surface area contributed by atoms with Gasteiger partial charge in [0.2, 0.25) is 0 Å². The molecule has 2 heteroatoms. The second-order valence-corrected chi connectivity index (χ2v) is 5.15. The third kappa shape index (κ3) is 2.43. The van der Waals surface area contributed by atoms with E-state index in [-0.39, 0.29) is 0 Å². The molecule has 1 unspecified atom stereocenters. The van der Waals surface area contributed by atoms with Crippen LogP contribution in [0.5, 0.6) is 5.75 Å². The highest BCUT2D eigenvalue weighted by Crippen LogP contribution is 2.29. The zero-order valence-electron chi connectivity index (χ0n) is 11.4. The summed E-state index contributed by atoms with van der Waals surface area (Å²) in [5.41, 5.74) is 5.12. The van der Waals surface area contributed by atoms with Gasteiger partial charge in [0.1, 0.15) is 5.75 Å². The molecule has 0 fully saturated rings. The Bertz CT molecular complexity index is 592. The number of ether oxygens (including phenoxy) is 1. The minimum absolute atomic E-state index is 0.298. The molecule has 1 aliphatic rings. The standard InChI is InChI=1S/C17H19NO/c1-12-5-3-4-6-16(12)18-13(2)14-7-8-17-15(11-14)9-10-19-17/h3-8,11,13,18H,9-10H2,1-2H3. The summed E-state index contributed by atoms with van der Waals surface area (Å²) >= 11 is 0. The van der Waals surface area contributed by atoms with Crippen LogP contribution in [0.15, 0.2) is 42.5 Å². The maximum atomic E-state index is 5.55. The molecular formula is C17H19NO. The third-order valence-electron chi connectivity index (χ3n) is 3.73. The van der Waals surface area contributed by atoms with Crippen molar-refractivity contribution in [2.75, 3.05) is 11.9 Å². The van der Waals surface area contributed by atoms with Crippen LogP contribution in [0.1, 0.15) is 29.7 Å². The Morgan fingerprint density at radius 3 is 2.84 bits per heavy atom. The average molecular weight is 253 g/mol. The fraction of sp³-hybridized carbons (Fsp3) is 0.294. The van der Waals surface area contributed by atoms with Gasteiger partial charge >= 0.3 is 0 Å². The van der Waals surface area contributed by atoms with Crippen LogP contribution in [0.3, 0.4) is 0 Å². The number of hydrogen-bond donors (Lipinski definition) is 1. The van der Waals surface area contributed by atoms with E-state index in [0.29, 0.717) is 6.04 Å². The molecule has 0 bridgehead atoms. The van der Waals surface area contributed by atoms with Gasteiger partial charge < -0.3 is 10.1 Å². The number of nitrogens with one attached hydrogen (secondary N) is 1. The van der Waals surface area contributed by atoms with Crippen LogP contribution in [0, 0.1) is 6.92 Å². The minimum Gasteiger partial charge on any atom is -0.493 e. The van der Waals surface area contributed by atoms with Gasteiger partial charge in [-0.15, -0.1) is 0 Å². The molecular weight excluding hydrogens is 234 g/mol. The second kappa shape index (κ2) is 4.96. The summed E-state index contributed by atoms with van der Waals surface area (Å²) in [6.45, 7) is 5.15. The number of fused-ring (bicyclic) bond motifs is 1. The highest BCUT2D eigenvalue weighted by molar-refractivity contribution is 5.52. The Kier molecular flexibility index (Phi) is 3.16. The van der Waals surface area contributed by atoms with E-state index in [1.807, 2.05) is 0 Å². The smallest absolute Gasteiger partial charge is 0.122 e. The van der Waals surface area contributed by atoms with Crippen LogP contribution < -0.4 is 10.1 Å². The van der Waals surface area contributed by atoms with Gasteiger partial charge in [0.25, 0.3) is 0 Å². The number of rotatable bonds is 3. The van der Waals surface area contributed by atoms with Crippen LogP contribution in [0.4, 0.5) is 5.69 Å². The molecule has 19 heavy (non-hydrogen) atoms. The molecule has 2 aromatic carbocycles. The third-order valence-corrected chi connectivity index (χ3v) is 3.73. The Morgan fingerprint density at radius 2 is 2.00 bits per heavy atom. The van der Waals surface area contributed by atoms with E-state index in [1.54, 1.807) is 0 Å². The number of hydrogen-bond acceptors (Lipinski definition) is 2. The fourth-order valence-electron chi connectivity index (χ4n) is 2.53. The molecule has 0 radical (unpaired) electrons. The van der Waals surface area contributed by atoms with Crippen molar-refractivity contribution in [2.24, 2.45) is 0 Å². The van der Waals surface area contributed by atoms with Gasteiger partial charge in [0.05, 0.1) is 6.61 Å². The van der Waals surface area contributed by atoms with E-state index in [2.05, 4.69) is 61.6 Å². The quantitative estimate of drug-likeness (QED) is 0.889. The molecule has 1 N–H and O–H groups in total.